The van der Waals surface area contributed by atoms with Crippen molar-refractivity contribution in [3.8, 4) is 11.8 Å². The topological polar surface area (TPSA) is 40.5 Å². The van der Waals surface area contributed by atoms with Crippen LogP contribution in [0.5, 0.6) is 0 Å². The van der Waals surface area contributed by atoms with Crippen molar-refractivity contribution >= 4 is 5.91 Å². The van der Waals surface area contributed by atoms with E-state index in [1.807, 2.05) is 30.0 Å². The predicted octanol–water partition coefficient (Wildman–Crippen LogP) is 2.21. The van der Waals surface area contributed by atoms with Crippen LogP contribution in [0.4, 0.5) is 0 Å². The fourth-order valence-electron chi connectivity index (χ4n) is 2.65. The summed E-state index contributed by atoms with van der Waals surface area (Å²) in [6.45, 7) is 5.68. The molecule has 1 heterocycles. The van der Waals surface area contributed by atoms with Crippen LogP contribution >= 0.6 is 0 Å². The third-order valence-corrected chi connectivity index (χ3v) is 3.79. The molecule has 0 aliphatic carbocycles. The zero-order valence-electron chi connectivity index (χ0n) is 12.1. The number of carbonyl (C=O) groups is 1. The van der Waals surface area contributed by atoms with Gasteiger partial charge in [-0.2, -0.15) is 0 Å². The first-order chi connectivity index (χ1) is 9.63. The van der Waals surface area contributed by atoms with E-state index in [1.54, 1.807) is 0 Å². The number of carbonyl (C=O) groups excluding carboxylic acids is 1. The van der Waals surface area contributed by atoms with Gasteiger partial charge in [-0.1, -0.05) is 25.2 Å². The molecule has 0 bridgehead atoms. The molecule has 0 radical (unpaired) electrons. The van der Waals surface area contributed by atoms with Gasteiger partial charge in [0.2, 0.25) is 0 Å². The Morgan fingerprint density at radius 2 is 2.25 bits per heavy atom. The maximum atomic E-state index is 12.5. The van der Waals surface area contributed by atoms with Gasteiger partial charge in [0.1, 0.15) is 6.61 Å². The summed E-state index contributed by atoms with van der Waals surface area (Å²) in [5.74, 6) is 6.23. The summed E-state index contributed by atoms with van der Waals surface area (Å²) in [5, 5.41) is 8.76. The number of aliphatic hydroxyl groups is 1. The number of hydrogen-bond donors (Lipinski definition) is 1. The summed E-state index contributed by atoms with van der Waals surface area (Å²) >= 11 is 0. The van der Waals surface area contributed by atoms with Crippen molar-refractivity contribution in [1.29, 1.82) is 0 Å². The fraction of sp³-hybridized carbons (Fsp3) is 0.471. The van der Waals surface area contributed by atoms with Gasteiger partial charge in [-0.3, -0.25) is 4.79 Å². The highest BCUT2D eigenvalue weighted by atomic mass is 16.2. The highest BCUT2D eigenvalue weighted by Crippen LogP contribution is 2.21. The summed E-state index contributed by atoms with van der Waals surface area (Å²) in [6, 6.07) is 5.65. The van der Waals surface area contributed by atoms with Gasteiger partial charge in [-0.25, -0.2) is 0 Å². The van der Waals surface area contributed by atoms with E-state index in [1.165, 1.54) is 0 Å². The Bertz CT molecular complexity index is 554. The minimum Gasteiger partial charge on any atom is -0.384 e. The molecule has 1 fully saturated rings. The van der Waals surface area contributed by atoms with Gasteiger partial charge < -0.3 is 10.0 Å². The summed E-state index contributed by atoms with van der Waals surface area (Å²) in [4.78, 5) is 14.5. The number of benzene rings is 1. The average Bonchev–Trinajstić information content (AvgIpc) is 2.92. The number of likely N-dealkylation sites (tertiary alicyclic amines) is 1. The van der Waals surface area contributed by atoms with Crippen molar-refractivity contribution in [3.05, 3.63) is 34.9 Å². The Hall–Kier alpha value is -1.79. The van der Waals surface area contributed by atoms with E-state index in [4.69, 9.17) is 5.11 Å². The lowest BCUT2D eigenvalue weighted by Gasteiger charge is -2.17. The van der Waals surface area contributed by atoms with Crippen molar-refractivity contribution in [1.82, 2.24) is 4.90 Å². The minimum atomic E-state index is -0.165. The van der Waals surface area contributed by atoms with Crippen LogP contribution < -0.4 is 0 Å². The van der Waals surface area contributed by atoms with Gasteiger partial charge in [-0.15, -0.1) is 0 Å². The fourth-order valence-corrected chi connectivity index (χ4v) is 2.65. The van der Waals surface area contributed by atoms with Gasteiger partial charge in [0.15, 0.2) is 0 Å². The molecule has 3 nitrogen and oxygen atoms in total. The molecule has 1 aliphatic rings. The maximum absolute atomic E-state index is 12.5. The smallest absolute Gasteiger partial charge is 0.253 e. The Kier molecular flexibility index (Phi) is 4.81. The van der Waals surface area contributed by atoms with E-state index in [0.29, 0.717) is 11.5 Å². The molecule has 1 aromatic carbocycles. The van der Waals surface area contributed by atoms with E-state index >= 15 is 0 Å². The van der Waals surface area contributed by atoms with Crippen LogP contribution in [0.25, 0.3) is 0 Å². The molecule has 0 saturated carbocycles. The summed E-state index contributed by atoms with van der Waals surface area (Å²) < 4.78 is 0. The molecular weight excluding hydrogens is 250 g/mol. The van der Waals surface area contributed by atoms with E-state index < -0.39 is 0 Å². The van der Waals surface area contributed by atoms with Crippen LogP contribution in [-0.2, 0) is 0 Å². The van der Waals surface area contributed by atoms with Gasteiger partial charge in [0.25, 0.3) is 5.91 Å². The van der Waals surface area contributed by atoms with Crippen LogP contribution in [0.3, 0.4) is 0 Å². The molecular formula is C17H21NO2. The van der Waals surface area contributed by atoms with Crippen molar-refractivity contribution in [2.45, 2.75) is 26.7 Å². The molecule has 1 aromatic rings. The van der Waals surface area contributed by atoms with Crippen molar-refractivity contribution in [2.75, 3.05) is 19.7 Å². The molecule has 1 atom stereocenters. The number of aryl methyl sites for hydroxylation is 1. The molecule has 0 spiro atoms. The molecule has 1 N–H and O–H groups in total. The third-order valence-electron chi connectivity index (χ3n) is 3.79. The standard InChI is InChI=1S/C17H21NO2/c1-3-14-6-7-18(12-14)17(20)16-10-13(2)9-15(11-16)5-4-8-19/h9-11,14,19H,3,6-8,12H2,1-2H3. The minimum absolute atomic E-state index is 0.0942. The lowest BCUT2D eigenvalue weighted by atomic mass is 10.1. The molecule has 1 amide bonds. The summed E-state index contributed by atoms with van der Waals surface area (Å²) in [7, 11) is 0. The average molecular weight is 271 g/mol. The SMILES string of the molecule is CCC1CCN(C(=O)c2cc(C)cc(C#CCO)c2)C1. The lowest BCUT2D eigenvalue weighted by molar-refractivity contribution is 0.0787. The quantitative estimate of drug-likeness (QED) is 0.838. The molecule has 1 aliphatic heterocycles. The van der Waals surface area contributed by atoms with Crippen LogP contribution in [0.2, 0.25) is 0 Å². The van der Waals surface area contributed by atoms with Gasteiger partial charge in [0.05, 0.1) is 0 Å². The largest absolute Gasteiger partial charge is 0.384 e. The van der Waals surface area contributed by atoms with E-state index in [-0.39, 0.29) is 12.5 Å². The Labute approximate surface area is 120 Å². The second kappa shape index (κ2) is 6.58. The summed E-state index contributed by atoms with van der Waals surface area (Å²) in [5.41, 5.74) is 2.50. The van der Waals surface area contributed by atoms with Gasteiger partial charge in [0, 0.05) is 24.2 Å². The number of amides is 1. The maximum Gasteiger partial charge on any atom is 0.253 e. The third kappa shape index (κ3) is 3.40. The van der Waals surface area contributed by atoms with Crippen molar-refractivity contribution < 1.29 is 9.90 Å². The van der Waals surface area contributed by atoms with E-state index in [2.05, 4.69) is 18.8 Å². The van der Waals surface area contributed by atoms with E-state index in [9.17, 15) is 4.79 Å². The number of hydrogen-bond acceptors (Lipinski definition) is 2. The monoisotopic (exact) mass is 271 g/mol. The number of aliphatic hydroxyl groups excluding tert-OH is 1. The molecule has 3 heteroatoms. The number of nitrogens with zero attached hydrogens (tertiary/aromatic N) is 1. The van der Waals surface area contributed by atoms with Crippen LogP contribution in [-0.4, -0.2) is 35.6 Å². The van der Waals surface area contributed by atoms with Gasteiger partial charge in [-0.05, 0) is 43.0 Å². The van der Waals surface area contributed by atoms with Gasteiger partial charge >= 0.3 is 0 Å². The molecule has 0 aromatic heterocycles. The Balaban J connectivity index is 2.19. The van der Waals surface area contributed by atoms with E-state index in [0.717, 1.165) is 37.1 Å². The molecule has 20 heavy (non-hydrogen) atoms. The first-order valence-electron chi connectivity index (χ1n) is 7.14. The highest BCUT2D eigenvalue weighted by Gasteiger charge is 2.25. The van der Waals surface area contributed by atoms with Crippen LogP contribution in [0.15, 0.2) is 18.2 Å². The zero-order valence-corrected chi connectivity index (χ0v) is 12.1. The second-order valence-electron chi connectivity index (χ2n) is 5.36. The molecule has 106 valence electrons. The lowest BCUT2D eigenvalue weighted by Crippen LogP contribution is -2.28. The highest BCUT2D eigenvalue weighted by molar-refractivity contribution is 5.95. The Morgan fingerprint density at radius 3 is 2.90 bits per heavy atom. The number of rotatable bonds is 2. The molecule has 1 saturated heterocycles. The van der Waals surface area contributed by atoms with Crippen LogP contribution in [0, 0.1) is 24.7 Å². The van der Waals surface area contributed by atoms with Crippen LogP contribution in [0.1, 0.15) is 41.3 Å². The first-order valence-corrected chi connectivity index (χ1v) is 7.14. The molecule has 2 rings (SSSR count). The summed E-state index contributed by atoms with van der Waals surface area (Å²) in [6.07, 6.45) is 2.23. The first kappa shape index (κ1) is 14.6. The normalized spacial score (nSPS) is 17.8. The van der Waals surface area contributed by atoms with Crippen molar-refractivity contribution in [2.24, 2.45) is 5.92 Å². The molecule has 1 unspecified atom stereocenters. The second-order valence-corrected chi connectivity index (χ2v) is 5.36. The predicted molar refractivity (Wildman–Crippen MR) is 79.4 cm³/mol. The Morgan fingerprint density at radius 1 is 1.45 bits per heavy atom. The zero-order chi connectivity index (χ0) is 14.5. The van der Waals surface area contributed by atoms with Crippen molar-refractivity contribution in [3.63, 3.8) is 0 Å².